The number of para-hydroxylation sites is 1. The number of hydrogen-bond acceptors (Lipinski definition) is 4. The lowest BCUT2D eigenvalue weighted by atomic mass is 10.2. The molecule has 1 fully saturated rings. The molecule has 3 N–H and O–H groups in total. The largest absolute Gasteiger partial charge is 0.486 e. The van der Waals surface area contributed by atoms with Gasteiger partial charge in [0.25, 0.3) is 0 Å². The quantitative estimate of drug-likeness (QED) is 0.655. The first-order valence-electron chi connectivity index (χ1n) is 6.67. The fourth-order valence-corrected chi connectivity index (χ4v) is 3.05. The Morgan fingerprint density at radius 2 is 2.20 bits per heavy atom. The fourth-order valence-electron chi connectivity index (χ4n) is 2.12. The number of nitrogens with two attached hydrogens (primary N) is 1. The van der Waals surface area contributed by atoms with Gasteiger partial charge >= 0.3 is 0 Å². The Labute approximate surface area is 122 Å². The number of benzene rings is 1. The van der Waals surface area contributed by atoms with Crippen LogP contribution in [-0.2, 0) is 6.61 Å². The SMILES string of the molecule is Cc1ccccc1OCc1nc(C2CC2)c(C(=N)N)s1. The molecular weight excluding hydrogens is 270 g/mol. The first-order valence-corrected chi connectivity index (χ1v) is 7.49. The molecule has 1 aromatic heterocycles. The predicted octanol–water partition coefficient (Wildman–Crippen LogP) is 3.19. The Kier molecular flexibility index (Phi) is 3.44. The van der Waals surface area contributed by atoms with Gasteiger partial charge in [-0.15, -0.1) is 11.3 Å². The van der Waals surface area contributed by atoms with Gasteiger partial charge in [-0.05, 0) is 31.4 Å². The molecule has 2 aromatic rings. The average Bonchev–Trinajstić information content (AvgIpc) is 3.18. The van der Waals surface area contributed by atoms with Gasteiger partial charge in [0.05, 0.1) is 10.6 Å². The van der Waals surface area contributed by atoms with E-state index in [1.54, 1.807) is 0 Å². The van der Waals surface area contributed by atoms with Crippen LogP contribution in [0.3, 0.4) is 0 Å². The maximum Gasteiger partial charge on any atom is 0.140 e. The lowest BCUT2D eigenvalue weighted by Gasteiger charge is -2.06. The van der Waals surface area contributed by atoms with E-state index in [0.29, 0.717) is 12.5 Å². The van der Waals surface area contributed by atoms with Crippen molar-refractivity contribution < 1.29 is 4.74 Å². The summed E-state index contributed by atoms with van der Waals surface area (Å²) in [5.74, 6) is 1.49. The molecule has 1 aliphatic rings. The summed E-state index contributed by atoms with van der Waals surface area (Å²) in [5.41, 5.74) is 7.74. The number of thiazole rings is 1. The van der Waals surface area contributed by atoms with Crippen LogP contribution in [0.2, 0.25) is 0 Å². The number of nitrogen functional groups attached to an aromatic ring is 1. The van der Waals surface area contributed by atoms with Gasteiger partial charge in [0.1, 0.15) is 23.2 Å². The number of nitrogens with zero attached hydrogens (tertiary/aromatic N) is 1. The zero-order valence-electron chi connectivity index (χ0n) is 11.3. The number of aryl methyl sites for hydroxylation is 1. The van der Waals surface area contributed by atoms with Crippen LogP contribution >= 0.6 is 11.3 Å². The van der Waals surface area contributed by atoms with Crippen molar-refractivity contribution in [1.82, 2.24) is 4.98 Å². The Morgan fingerprint density at radius 1 is 1.45 bits per heavy atom. The van der Waals surface area contributed by atoms with E-state index in [1.165, 1.54) is 11.3 Å². The van der Waals surface area contributed by atoms with Gasteiger partial charge < -0.3 is 10.5 Å². The van der Waals surface area contributed by atoms with E-state index < -0.39 is 0 Å². The van der Waals surface area contributed by atoms with Crippen molar-refractivity contribution in [2.75, 3.05) is 0 Å². The zero-order chi connectivity index (χ0) is 14.1. The molecule has 0 unspecified atom stereocenters. The minimum Gasteiger partial charge on any atom is -0.486 e. The topological polar surface area (TPSA) is 72.0 Å². The Bertz CT molecular complexity index is 646. The molecule has 0 radical (unpaired) electrons. The molecule has 0 bridgehead atoms. The number of hydrogen-bond donors (Lipinski definition) is 2. The number of rotatable bonds is 5. The third-order valence-electron chi connectivity index (χ3n) is 3.35. The molecule has 20 heavy (non-hydrogen) atoms. The normalized spacial score (nSPS) is 14.2. The van der Waals surface area contributed by atoms with E-state index in [0.717, 1.165) is 39.7 Å². The van der Waals surface area contributed by atoms with E-state index in [9.17, 15) is 0 Å². The first kappa shape index (κ1) is 13.1. The number of nitrogens with one attached hydrogen (secondary N) is 1. The maximum atomic E-state index is 7.65. The highest BCUT2D eigenvalue weighted by Crippen LogP contribution is 2.42. The molecule has 1 aromatic carbocycles. The lowest BCUT2D eigenvalue weighted by molar-refractivity contribution is 0.303. The molecule has 0 spiro atoms. The number of aromatic nitrogens is 1. The van der Waals surface area contributed by atoms with Crippen LogP contribution in [0.1, 0.15) is 39.9 Å². The summed E-state index contributed by atoms with van der Waals surface area (Å²) in [5, 5.41) is 8.54. The molecule has 1 saturated carbocycles. The van der Waals surface area contributed by atoms with Crippen LogP contribution in [0, 0.1) is 12.3 Å². The van der Waals surface area contributed by atoms with Gasteiger partial charge in [-0.1, -0.05) is 18.2 Å². The Morgan fingerprint density at radius 3 is 2.85 bits per heavy atom. The van der Waals surface area contributed by atoms with Gasteiger partial charge in [0.15, 0.2) is 0 Å². The summed E-state index contributed by atoms with van der Waals surface area (Å²) in [4.78, 5) is 5.43. The second-order valence-electron chi connectivity index (χ2n) is 5.06. The van der Waals surface area contributed by atoms with Crippen molar-refractivity contribution in [3.63, 3.8) is 0 Å². The third-order valence-corrected chi connectivity index (χ3v) is 4.43. The second-order valence-corrected chi connectivity index (χ2v) is 6.15. The lowest BCUT2D eigenvalue weighted by Crippen LogP contribution is -2.11. The van der Waals surface area contributed by atoms with E-state index in [4.69, 9.17) is 15.9 Å². The molecule has 1 aliphatic carbocycles. The first-order chi connectivity index (χ1) is 9.65. The highest BCUT2D eigenvalue weighted by Gasteiger charge is 2.30. The van der Waals surface area contributed by atoms with Crippen LogP contribution in [-0.4, -0.2) is 10.8 Å². The zero-order valence-corrected chi connectivity index (χ0v) is 12.2. The summed E-state index contributed by atoms with van der Waals surface area (Å²) in [6.45, 7) is 2.45. The van der Waals surface area contributed by atoms with Crippen molar-refractivity contribution >= 4 is 17.2 Å². The summed E-state index contributed by atoms with van der Waals surface area (Å²) in [6, 6.07) is 7.93. The maximum absolute atomic E-state index is 7.65. The highest BCUT2D eigenvalue weighted by molar-refractivity contribution is 7.13. The minimum atomic E-state index is 0.117. The Hall–Kier alpha value is -1.88. The summed E-state index contributed by atoms with van der Waals surface area (Å²) in [7, 11) is 0. The third kappa shape index (κ3) is 2.67. The van der Waals surface area contributed by atoms with Crippen molar-refractivity contribution in [2.45, 2.75) is 32.3 Å². The molecule has 5 heteroatoms. The molecule has 4 nitrogen and oxygen atoms in total. The highest BCUT2D eigenvalue weighted by atomic mass is 32.1. The predicted molar refractivity (Wildman–Crippen MR) is 80.6 cm³/mol. The van der Waals surface area contributed by atoms with Crippen LogP contribution in [0.15, 0.2) is 24.3 Å². The molecule has 0 saturated heterocycles. The van der Waals surface area contributed by atoms with Gasteiger partial charge in [-0.3, -0.25) is 5.41 Å². The Balaban J connectivity index is 1.76. The molecule has 0 atom stereocenters. The molecule has 3 rings (SSSR count). The molecule has 0 amide bonds. The second kappa shape index (κ2) is 5.25. The summed E-state index contributed by atoms with van der Waals surface area (Å²) < 4.78 is 5.81. The number of ether oxygens (including phenoxy) is 1. The monoisotopic (exact) mass is 287 g/mol. The van der Waals surface area contributed by atoms with Gasteiger partial charge in [-0.2, -0.15) is 0 Å². The van der Waals surface area contributed by atoms with Gasteiger partial charge in [0, 0.05) is 5.92 Å². The van der Waals surface area contributed by atoms with E-state index >= 15 is 0 Å². The van der Waals surface area contributed by atoms with Crippen LogP contribution in [0.25, 0.3) is 0 Å². The van der Waals surface area contributed by atoms with Crippen molar-refractivity contribution in [3.05, 3.63) is 45.4 Å². The van der Waals surface area contributed by atoms with E-state index in [1.807, 2.05) is 31.2 Å². The van der Waals surface area contributed by atoms with Crippen LogP contribution < -0.4 is 10.5 Å². The van der Waals surface area contributed by atoms with Gasteiger partial charge in [0.2, 0.25) is 0 Å². The minimum absolute atomic E-state index is 0.117. The van der Waals surface area contributed by atoms with Crippen molar-refractivity contribution in [2.24, 2.45) is 5.73 Å². The molecule has 104 valence electrons. The van der Waals surface area contributed by atoms with Crippen molar-refractivity contribution in [3.8, 4) is 5.75 Å². The van der Waals surface area contributed by atoms with E-state index in [2.05, 4.69) is 4.98 Å². The van der Waals surface area contributed by atoms with Crippen LogP contribution in [0.4, 0.5) is 0 Å². The molecule has 0 aliphatic heterocycles. The fraction of sp³-hybridized carbons (Fsp3) is 0.333. The summed E-state index contributed by atoms with van der Waals surface area (Å²) >= 11 is 1.48. The smallest absolute Gasteiger partial charge is 0.140 e. The standard InChI is InChI=1S/C15H17N3OS/c1-9-4-2-3-5-11(9)19-8-12-18-13(10-6-7-10)14(20-12)15(16)17/h2-5,10H,6-8H2,1H3,(H3,16,17). The molecular formula is C15H17N3OS. The van der Waals surface area contributed by atoms with Crippen molar-refractivity contribution in [1.29, 1.82) is 5.41 Å². The number of amidine groups is 1. The van der Waals surface area contributed by atoms with Crippen LogP contribution in [0.5, 0.6) is 5.75 Å². The van der Waals surface area contributed by atoms with Gasteiger partial charge in [-0.25, -0.2) is 4.98 Å². The van der Waals surface area contributed by atoms with E-state index in [-0.39, 0.29) is 5.84 Å². The molecule has 1 heterocycles. The summed E-state index contributed by atoms with van der Waals surface area (Å²) in [6.07, 6.45) is 2.31. The average molecular weight is 287 g/mol.